The van der Waals surface area contributed by atoms with E-state index >= 15 is 0 Å². The third-order valence-electron chi connectivity index (χ3n) is 19.5. The second kappa shape index (κ2) is 16.5. The molecule has 65 heavy (non-hydrogen) atoms. The van der Waals surface area contributed by atoms with Gasteiger partial charge in [-0.1, -0.05) is 67.9 Å². The van der Waals surface area contributed by atoms with E-state index in [0.717, 1.165) is 63.4 Å². The highest BCUT2D eigenvalue weighted by molar-refractivity contribution is 6.01. The minimum atomic E-state index is -0.843. The summed E-state index contributed by atoms with van der Waals surface area (Å²) in [4.78, 5) is 71.6. The number of fused-ring (bicyclic) bond motifs is 7. The van der Waals surface area contributed by atoms with E-state index in [4.69, 9.17) is 14.2 Å². The van der Waals surface area contributed by atoms with E-state index in [0.29, 0.717) is 43.6 Å². The van der Waals surface area contributed by atoms with E-state index in [9.17, 15) is 29.1 Å². The molecular weight excluding hydrogens is 823 g/mol. The number of allylic oxidation sites excluding steroid dienone is 2. The van der Waals surface area contributed by atoms with Gasteiger partial charge in [0.2, 0.25) is 5.91 Å². The monoisotopic (exact) mass is 900 g/mol. The number of hydrogen-bond acceptors (Lipinski definition) is 9. The van der Waals surface area contributed by atoms with Crippen LogP contribution in [0.1, 0.15) is 164 Å². The van der Waals surface area contributed by atoms with Crippen molar-refractivity contribution in [3.8, 4) is 5.75 Å². The molecule has 0 unspecified atom stereocenters. The van der Waals surface area contributed by atoms with Crippen molar-refractivity contribution in [1.29, 1.82) is 0 Å². The van der Waals surface area contributed by atoms with Gasteiger partial charge in [0.05, 0.1) is 36.8 Å². The van der Waals surface area contributed by atoms with Crippen molar-refractivity contribution < 1.29 is 43.3 Å². The summed E-state index contributed by atoms with van der Waals surface area (Å²) >= 11 is 0. The van der Waals surface area contributed by atoms with Crippen molar-refractivity contribution in [3.05, 3.63) is 35.2 Å². The van der Waals surface area contributed by atoms with Crippen molar-refractivity contribution in [2.45, 2.75) is 171 Å². The van der Waals surface area contributed by atoms with Gasteiger partial charge in [0.25, 0.3) is 5.91 Å². The zero-order valence-electron chi connectivity index (χ0n) is 41.1. The molecule has 0 bridgehead atoms. The molecule has 0 aromatic carbocycles. The lowest BCUT2D eigenvalue weighted by molar-refractivity contribution is -0.236. The van der Waals surface area contributed by atoms with Crippen molar-refractivity contribution in [1.82, 2.24) is 15.6 Å². The van der Waals surface area contributed by atoms with Crippen LogP contribution in [0.5, 0.6) is 5.75 Å². The molecule has 1 aliphatic heterocycles. The van der Waals surface area contributed by atoms with Gasteiger partial charge in [-0.3, -0.25) is 24.0 Å². The van der Waals surface area contributed by atoms with Gasteiger partial charge >= 0.3 is 11.9 Å². The summed E-state index contributed by atoms with van der Waals surface area (Å²) in [6, 6.07) is 3.39. The number of hydrogen-bond donors (Lipinski definition) is 3. The molecule has 11 atom stereocenters. The molecule has 358 valence electrons. The quantitative estimate of drug-likeness (QED) is 0.172. The van der Waals surface area contributed by atoms with E-state index in [1.54, 1.807) is 18.3 Å². The molecule has 1 aromatic rings. The van der Waals surface area contributed by atoms with Crippen LogP contribution in [0.2, 0.25) is 0 Å². The Morgan fingerprint density at radius 3 is 2.26 bits per heavy atom. The van der Waals surface area contributed by atoms with E-state index in [-0.39, 0.29) is 87.9 Å². The molecule has 6 aliphatic carbocycles. The van der Waals surface area contributed by atoms with Crippen molar-refractivity contribution in [3.63, 3.8) is 0 Å². The van der Waals surface area contributed by atoms with Crippen LogP contribution in [0.25, 0.3) is 0 Å². The number of Topliss-reactive ketones (excluding diaryl/α,β-unsaturated/α-hetero) is 1. The van der Waals surface area contributed by atoms with Gasteiger partial charge in [-0.25, -0.2) is 4.98 Å². The molecule has 6 fully saturated rings. The summed E-state index contributed by atoms with van der Waals surface area (Å²) in [6.45, 7) is 25.4. The lowest BCUT2D eigenvalue weighted by Gasteiger charge is -2.72. The van der Waals surface area contributed by atoms with Crippen LogP contribution in [0, 0.1) is 68.0 Å². The van der Waals surface area contributed by atoms with Crippen LogP contribution in [0.15, 0.2) is 29.5 Å². The standard InChI is InChI=1S/C53H77N3O9/c1-30(2)42-37(57)25-53(26-41(58)55-29-47(3,4)56-44(59)36-14-12-31(27-54-36)64-32-18-23-63-28-32)22-21-51(10)33(43(42)53)13-15-39-50(9)19-17-40(49(7,8)38(50)16-20-52(39,51)11)65-46(62)35-24-34(45(60)61)48(35,5)6/h12,14,27,30,32-35,38-40H,13,15-26,28-29H2,1-11H3,(H,55,58)(H,56,59)(H,60,61)/t32-,33-,34+,35-,38+,39-,40+,50+,51-,52-,53+/m1/s1. The van der Waals surface area contributed by atoms with Crippen molar-refractivity contribution in [2.24, 2.45) is 68.0 Å². The number of nitrogens with one attached hydrogen (secondary N) is 2. The Morgan fingerprint density at radius 1 is 0.892 bits per heavy atom. The van der Waals surface area contributed by atoms with E-state index in [1.807, 2.05) is 27.7 Å². The van der Waals surface area contributed by atoms with Crippen LogP contribution >= 0.6 is 0 Å². The minimum Gasteiger partial charge on any atom is -0.486 e. The van der Waals surface area contributed by atoms with E-state index in [1.165, 1.54) is 5.57 Å². The van der Waals surface area contributed by atoms with Crippen LogP contribution in [-0.4, -0.2) is 77.1 Å². The number of carbonyl (C=O) groups is 5. The fraction of sp³-hybridized carbons (Fsp3) is 0.774. The maximum Gasteiger partial charge on any atom is 0.309 e. The number of aliphatic carboxylic acids is 1. The largest absolute Gasteiger partial charge is 0.486 e. The Morgan fingerprint density at radius 2 is 1.63 bits per heavy atom. The second-order valence-corrected chi connectivity index (χ2v) is 24.5. The third kappa shape index (κ3) is 7.85. The molecule has 12 heteroatoms. The summed E-state index contributed by atoms with van der Waals surface area (Å²) in [5, 5.41) is 15.9. The average molecular weight is 900 g/mol. The number of nitrogens with zero attached hydrogens (tertiary/aromatic N) is 1. The number of rotatable bonds is 12. The Hall–Kier alpha value is -3.80. The molecular formula is C53H77N3O9. The number of pyridine rings is 1. The maximum absolute atomic E-state index is 14.2. The topological polar surface area (TPSA) is 170 Å². The van der Waals surface area contributed by atoms with Gasteiger partial charge in [-0.05, 0) is 135 Å². The summed E-state index contributed by atoms with van der Waals surface area (Å²) in [6.07, 6.45) is 10.7. The highest BCUT2D eigenvalue weighted by Gasteiger charge is 2.70. The van der Waals surface area contributed by atoms with Crippen molar-refractivity contribution >= 4 is 29.5 Å². The first-order valence-corrected chi connectivity index (χ1v) is 24.8. The molecule has 0 spiro atoms. The predicted octanol–water partition coefficient (Wildman–Crippen LogP) is 8.90. The van der Waals surface area contributed by atoms with Gasteiger partial charge in [-0.2, -0.15) is 0 Å². The normalized spacial score (nSPS) is 38.1. The van der Waals surface area contributed by atoms with Gasteiger partial charge in [0.15, 0.2) is 5.78 Å². The number of ketones is 1. The molecule has 0 radical (unpaired) electrons. The number of carboxylic acids is 1. The number of carbonyl (C=O) groups excluding carboxylic acids is 4. The highest BCUT2D eigenvalue weighted by Crippen LogP contribution is 2.77. The number of amides is 2. The molecule has 2 amide bonds. The molecule has 12 nitrogen and oxygen atoms in total. The summed E-state index contributed by atoms with van der Waals surface area (Å²) in [5.41, 5.74) is 0.293. The molecule has 5 saturated carbocycles. The van der Waals surface area contributed by atoms with E-state index in [2.05, 4.69) is 64.1 Å². The van der Waals surface area contributed by atoms with Crippen LogP contribution in [0.3, 0.4) is 0 Å². The van der Waals surface area contributed by atoms with Crippen molar-refractivity contribution in [2.75, 3.05) is 19.8 Å². The smallest absolute Gasteiger partial charge is 0.309 e. The summed E-state index contributed by atoms with van der Waals surface area (Å²) in [5.74, 6) is -0.602. The predicted molar refractivity (Wildman–Crippen MR) is 246 cm³/mol. The third-order valence-corrected chi connectivity index (χ3v) is 19.5. The van der Waals surface area contributed by atoms with E-state index < -0.39 is 34.2 Å². The Kier molecular flexibility index (Phi) is 12.1. The minimum absolute atomic E-state index is 0.00700. The Bertz CT molecular complexity index is 2120. The van der Waals surface area contributed by atoms with Gasteiger partial charge in [0.1, 0.15) is 23.7 Å². The molecule has 7 aliphatic rings. The molecule has 1 saturated heterocycles. The fourth-order valence-electron chi connectivity index (χ4n) is 15.6. The number of aromatic nitrogens is 1. The van der Waals surface area contributed by atoms with Crippen LogP contribution in [-0.2, 0) is 28.7 Å². The van der Waals surface area contributed by atoms with Crippen LogP contribution in [0.4, 0.5) is 0 Å². The SMILES string of the molecule is CC(C)C1=C2[C@H]3CC[C@@H]4[C@@]5(C)CC[C@H](OC(=O)[C@H]6C[C@@H](C(=O)O)C6(C)C)C(C)(C)[C@@H]5CC[C@@]4(C)[C@]3(C)CC[C@@]2(CC(=O)NCC(C)(C)NC(=O)c2ccc(O[C@@H]3CCOC3)cn2)CC1=O. The lowest BCUT2D eigenvalue weighted by atomic mass is 9.33. The van der Waals surface area contributed by atoms with Gasteiger partial charge in [-0.15, -0.1) is 0 Å². The molecule has 1 aromatic heterocycles. The first kappa shape index (κ1) is 47.7. The highest BCUT2D eigenvalue weighted by atomic mass is 16.6. The zero-order chi connectivity index (χ0) is 47.3. The summed E-state index contributed by atoms with van der Waals surface area (Å²) in [7, 11) is 0. The fourth-order valence-corrected chi connectivity index (χ4v) is 15.6. The van der Waals surface area contributed by atoms with Crippen LogP contribution < -0.4 is 15.4 Å². The number of ether oxygens (including phenoxy) is 3. The maximum atomic E-state index is 14.2. The Balaban J connectivity index is 0.951. The van der Waals surface area contributed by atoms with Gasteiger partial charge in [0, 0.05) is 36.6 Å². The molecule has 8 rings (SSSR count). The second-order valence-electron chi connectivity index (χ2n) is 24.5. The number of esters is 1. The summed E-state index contributed by atoms with van der Waals surface area (Å²) < 4.78 is 17.7. The first-order valence-electron chi connectivity index (χ1n) is 24.8. The molecule has 2 heterocycles. The zero-order valence-corrected chi connectivity index (χ0v) is 41.1. The molecule has 3 N–H and O–H groups in total. The number of carboxylic acid groups (broad SMARTS) is 1. The first-order chi connectivity index (χ1) is 30.3. The van der Waals surface area contributed by atoms with Gasteiger partial charge < -0.3 is 30.0 Å². The lowest BCUT2D eigenvalue weighted by Crippen LogP contribution is -2.66. The Labute approximate surface area is 386 Å². The average Bonchev–Trinajstić information content (AvgIpc) is 3.83.